The van der Waals surface area contributed by atoms with Crippen molar-refractivity contribution < 1.29 is 19.5 Å². The number of rotatable bonds is 7. The molecule has 0 radical (unpaired) electrons. The smallest absolute Gasteiger partial charge is 0.308 e. The molecule has 1 atom stereocenters. The Hall–Kier alpha value is -1.59. The van der Waals surface area contributed by atoms with Crippen LogP contribution in [0.15, 0.2) is 0 Å². The summed E-state index contributed by atoms with van der Waals surface area (Å²) >= 11 is 0. The molecule has 2 N–H and O–H groups in total. The van der Waals surface area contributed by atoms with Gasteiger partial charge in [0.05, 0.1) is 12.5 Å². The number of hydrogen-bond acceptors (Lipinski definition) is 3. The van der Waals surface area contributed by atoms with Gasteiger partial charge in [-0.15, -0.1) is 0 Å². The highest BCUT2D eigenvalue weighted by Gasteiger charge is 2.23. The van der Waals surface area contributed by atoms with Crippen LogP contribution >= 0.6 is 0 Å². The monoisotopic (exact) mass is 256 g/mol. The summed E-state index contributed by atoms with van der Waals surface area (Å²) < 4.78 is 0. The maximum atomic E-state index is 11.6. The quantitative estimate of drug-likeness (QED) is 0.682. The second-order valence-electron chi connectivity index (χ2n) is 4.55. The van der Waals surface area contributed by atoms with Crippen LogP contribution in [-0.4, -0.2) is 47.4 Å². The van der Waals surface area contributed by atoms with Crippen molar-refractivity contribution in [3.8, 4) is 0 Å². The molecule has 1 aliphatic rings. The van der Waals surface area contributed by atoms with Crippen LogP contribution in [-0.2, 0) is 14.4 Å². The lowest BCUT2D eigenvalue weighted by Gasteiger charge is -2.16. The van der Waals surface area contributed by atoms with E-state index >= 15 is 0 Å². The zero-order valence-corrected chi connectivity index (χ0v) is 10.6. The largest absolute Gasteiger partial charge is 0.481 e. The van der Waals surface area contributed by atoms with Crippen molar-refractivity contribution in [2.75, 3.05) is 19.6 Å². The molecule has 2 amide bonds. The number of hydrogen-bond donors (Lipinski definition) is 2. The van der Waals surface area contributed by atoms with E-state index in [2.05, 4.69) is 5.32 Å². The van der Waals surface area contributed by atoms with Gasteiger partial charge in [0.15, 0.2) is 0 Å². The average Bonchev–Trinajstić information content (AvgIpc) is 2.70. The van der Waals surface area contributed by atoms with Gasteiger partial charge in [0.25, 0.3) is 0 Å². The third kappa shape index (κ3) is 4.35. The Kier molecular flexibility index (Phi) is 5.61. The third-order valence-corrected chi connectivity index (χ3v) is 3.04. The first kappa shape index (κ1) is 14.5. The minimum Gasteiger partial charge on any atom is -0.481 e. The minimum absolute atomic E-state index is 0.00603. The molecule has 6 heteroatoms. The summed E-state index contributed by atoms with van der Waals surface area (Å²) in [6, 6.07) is 0. The number of aliphatic carboxylic acids is 1. The summed E-state index contributed by atoms with van der Waals surface area (Å²) in [7, 11) is 0. The van der Waals surface area contributed by atoms with E-state index in [0.29, 0.717) is 19.4 Å². The Morgan fingerprint density at radius 2 is 2.22 bits per heavy atom. The van der Waals surface area contributed by atoms with Crippen molar-refractivity contribution >= 4 is 17.8 Å². The highest BCUT2D eigenvalue weighted by Crippen LogP contribution is 2.09. The average molecular weight is 256 g/mol. The molecule has 6 nitrogen and oxygen atoms in total. The van der Waals surface area contributed by atoms with E-state index in [1.54, 1.807) is 0 Å². The summed E-state index contributed by atoms with van der Waals surface area (Å²) in [5.74, 6) is -1.73. The molecule has 1 fully saturated rings. The van der Waals surface area contributed by atoms with Crippen molar-refractivity contribution in [2.24, 2.45) is 5.92 Å². The van der Waals surface area contributed by atoms with Gasteiger partial charge in [-0.25, -0.2) is 0 Å². The van der Waals surface area contributed by atoms with Crippen molar-refractivity contribution in [2.45, 2.75) is 32.6 Å². The van der Waals surface area contributed by atoms with Gasteiger partial charge < -0.3 is 15.3 Å². The predicted molar refractivity (Wildman–Crippen MR) is 64.9 cm³/mol. The van der Waals surface area contributed by atoms with E-state index < -0.39 is 11.9 Å². The number of carboxylic acid groups (broad SMARTS) is 1. The summed E-state index contributed by atoms with van der Waals surface area (Å²) in [6.45, 7) is 2.69. The Balaban J connectivity index is 2.31. The van der Waals surface area contributed by atoms with E-state index in [9.17, 15) is 14.4 Å². The van der Waals surface area contributed by atoms with E-state index in [1.165, 1.54) is 4.90 Å². The molecule has 102 valence electrons. The number of likely N-dealkylation sites (tertiary alicyclic amines) is 1. The molecule has 0 aromatic heterocycles. The first-order valence-electron chi connectivity index (χ1n) is 6.31. The summed E-state index contributed by atoms with van der Waals surface area (Å²) in [6.07, 6.45) is 2.59. The van der Waals surface area contributed by atoms with Crippen LogP contribution in [0.25, 0.3) is 0 Å². The van der Waals surface area contributed by atoms with Crippen molar-refractivity contribution in [3.63, 3.8) is 0 Å². The zero-order chi connectivity index (χ0) is 13.5. The second-order valence-corrected chi connectivity index (χ2v) is 4.55. The van der Waals surface area contributed by atoms with Crippen LogP contribution < -0.4 is 5.32 Å². The van der Waals surface area contributed by atoms with E-state index in [1.807, 2.05) is 6.92 Å². The molecular formula is C12H20N2O4. The van der Waals surface area contributed by atoms with Gasteiger partial charge in [-0.3, -0.25) is 14.4 Å². The molecule has 18 heavy (non-hydrogen) atoms. The molecule has 0 bridgehead atoms. The van der Waals surface area contributed by atoms with Gasteiger partial charge in [-0.05, 0) is 12.8 Å². The van der Waals surface area contributed by atoms with Crippen LogP contribution in [0.5, 0.6) is 0 Å². The summed E-state index contributed by atoms with van der Waals surface area (Å²) in [4.78, 5) is 35.3. The maximum Gasteiger partial charge on any atom is 0.308 e. The number of carbonyl (C=O) groups excluding carboxylic acids is 2. The predicted octanol–water partition coefficient (Wildman–Crippen LogP) is 0.226. The summed E-state index contributed by atoms with van der Waals surface area (Å²) in [5, 5.41) is 11.5. The normalized spacial score (nSPS) is 16.7. The van der Waals surface area contributed by atoms with Crippen molar-refractivity contribution in [3.05, 3.63) is 0 Å². The van der Waals surface area contributed by atoms with Crippen molar-refractivity contribution in [1.29, 1.82) is 0 Å². The van der Waals surface area contributed by atoms with Gasteiger partial charge in [0.2, 0.25) is 11.8 Å². The van der Waals surface area contributed by atoms with Gasteiger partial charge in [-0.1, -0.05) is 13.3 Å². The Bertz CT molecular complexity index is 330. The first-order chi connectivity index (χ1) is 8.54. The molecule has 0 spiro atoms. The fourth-order valence-electron chi connectivity index (χ4n) is 2.00. The van der Waals surface area contributed by atoms with Crippen LogP contribution in [0.3, 0.4) is 0 Å². The first-order valence-corrected chi connectivity index (χ1v) is 6.31. The second kappa shape index (κ2) is 6.98. The molecule has 1 saturated heterocycles. The number of amides is 2. The molecule has 1 unspecified atom stereocenters. The topological polar surface area (TPSA) is 86.7 Å². The Morgan fingerprint density at radius 3 is 2.72 bits per heavy atom. The molecular weight excluding hydrogens is 236 g/mol. The highest BCUT2D eigenvalue weighted by molar-refractivity contribution is 5.86. The van der Waals surface area contributed by atoms with Crippen LogP contribution in [0.4, 0.5) is 0 Å². The van der Waals surface area contributed by atoms with Gasteiger partial charge in [-0.2, -0.15) is 0 Å². The standard InChI is InChI=1S/C12H20N2O4/c1-2-4-9(12(17)18)7-13-10(15)8-14-6-3-5-11(14)16/h9H,2-8H2,1H3,(H,13,15)(H,17,18). The fourth-order valence-corrected chi connectivity index (χ4v) is 2.00. The van der Waals surface area contributed by atoms with Crippen LogP contribution in [0.1, 0.15) is 32.6 Å². The molecule has 1 rings (SSSR count). The van der Waals surface area contributed by atoms with E-state index in [-0.39, 0.29) is 24.9 Å². The number of carboxylic acids is 1. The molecule has 0 aromatic carbocycles. The van der Waals surface area contributed by atoms with Gasteiger partial charge >= 0.3 is 5.97 Å². The lowest BCUT2D eigenvalue weighted by Crippen LogP contribution is -2.40. The molecule has 0 aliphatic carbocycles. The van der Waals surface area contributed by atoms with Crippen LogP contribution in [0.2, 0.25) is 0 Å². The fraction of sp³-hybridized carbons (Fsp3) is 0.750. The van der Waals surface area contributed by atoms with E-state index in [4.69, 9.17) is 5.11 Å². The summed E-state index contributed by atoms with van der Waals surface area (Å²) in [5.41, 5.74) is 0. The number of nitrogens with zero attached hydrogens (tertiary/aromatic N) is 1. The Morgan fingerprint density at radius 1 is 1.50 bits per heavy atom. The number of carbonyl (C=O) groups is 3. The third-order valence-electron chi connectivity index (χ3n) is 3.04. The highest BCUT2D eigenvalue weighted by atomic mass is 16.4. The van der Waals surface area contributed by atoms with Gasteiger partial charge in [0, 0.05) is 19.5 Å². The number of nitrogens with one attached hydrogen (secondary N) is 1. The Labute approximate surface area is 106 Å². The molecule has 1 heterocycles. The molecule has 0 saturated carbocycles. The maximum absolute atomic E-state index is 11.6. The van der Waals surface area contributed by atoms with Gasteiger partial charge in [0.1, 0.15) is 0 Å². The van der Waals surface area contributed by atoms with Crippen molar-refractivity contribution in [1.82, 2.24) is 10.2 Å². The SMILES string of the molecule is CCCC(CNC(=O)CN1CCCC1=O)C(=O)O. The zero-order valence-electron chi connectivity index (χ0n) is 10.6. The van der Waals surface area contributed by atoms with E-state index in [0.717, 1.165) is 12.8 Å². The van der Waals surface area contributed by atoms with Crippen LogP contribution in [0, 0.1) is 5.92 Å². The molecule has 1 aliphatic heterocycles. The lowest BCUT2D eigenvalue weighted by atomic mass is 10.0. The molecule has 0 aromatic rings. The minimum atomic E-state index is -0.894. The lowest BCUT2D eigenvalue weighted by molar-refractivity contribution is -0.142.